The Hall–Kier alpha value is -7.68. The summed E-state index contributed by atoms with van der Waals surface area (Å²) in [5, 5.41) is 2.47. The van der Waals surface area contributed by atoms with Gasteiger partial charge in [-0.1, -0.05) is 206 Å². The minimum atomic E-state index is -0.566. The first kappa shape index (κ1) is 33.5. The molecule has 12 rings (SSSR count). The van der Waals surface area contributed by atoms with Crippen molar-refractivity contribution < 1.29 is 0 Å². The molecule has 274 valence electrons. The van der Waals surface area contributed by atoms with Crippen molar-refractivity contribution in [1.82, 2.24) is 9.97 Å². The predicted molar refractivity (Wildman–Crippen MR) is 243 cm³/mol. The molecule has 9 aromatic carbocycles. The van der Waals surface area contributed by atoms with Crippen molar-refractivity contribution >= 4 is 10.8 Å². The topological polar surface area (TPSA) is 25.8 Å². The molecule has 0 bridgehead atoms. The summed E-state index contributed by atoms with van der Waals surface area (Å²) in [5.74, 6) is 0.697. The van der Waals surface area contributed by atoms with Gasteiger partial charge in [0.1, 0.15) is 0 Å². The summed E-state index contributed by atoms with van der Waals surface area (Å²) in [4.78, 5) is 10.6. The van der Waals surface area contributed by atoms with Crippen LogP contribution in [0.1, 0.15) is 22.3 Å². The Kier molecular flexibility index (Phi) is 7.48. The molecule has 2 aliphatic carbocycles. The second-order valence-corrected chi connectivity index (χ2v) is 15.6. The van der Waals surface area contributed by atoms with Gasteiger partial charge in [0.05, 0.1) is 16.8 Å². The largest absolute Gasteiger partial charge is 0.228 e. The zero-order valence-electron chi connectivity index (χ0n) is 32.2. The van der Waals surface area contributed by atoms with Crippen LogP contribution in [0.4, 0.5) is 0 Å². The molecule has 2 nitrogen and oxygen atoms in total. The van der Waals surface area contributed by atoms with Gasteiger partial charge in [-0.05, 0) is 89.7 Å². The maximum atomic E-state index is 5.41. The molecule has 2 aliphatic rings. The Morgan fingerprint density at radius 1 is 0.271 bits per heavy atom. The molecule has 59 heavy (non-hydrogen) atoms. The third-order valence-electron chi connectivity index (χ3n) is 12.5. The molecule has 0 unspecified atom stereocenters. The zero-order valence-corrected chi connectivity index (χ0v) is 32.2. The van der Waals surface area contributed by atoms with Gasteiger partial charge in [0, 0.05) is 16.7 Å². The van der Waals surface area contributed by atoms with E-state index in [1.807, 2.05) is 0 Å². The van der Waals surface area contributed by atoms with Gasteiger partial charge in [-0.3, -0.25) is 0 Å². The van der Waals surface area contributed by atoms with Gasteiger partial charge in [-0.2, -0.15) is 0 Å². The van der Waals surface area contributed by atoms with Crippen LogP contribution in [0.3, 0.4) is 0 Å². The first-order valence-corrected chi connectivity index (χ1v) is 20.3. The third kappa shape index (κ3) is 5.06. The lowest BCUT2D eigenvalue weighted by Crippen LogP contribution is -2.29. The smallest absolute Gasteiger partial charge is 0.160 e. The molecule has 0 aliphatic heterocycles. The van der Waals surface area contributed by atoms with E-state index in [-0.39, 0.29) is 0 Å². The highest BCUT2D eigenvalue weighted by Crippen LogP contribution is 2.61. The summed E-state index contributed by atoms with van der Waals surface area (Å²) in [6.07, 6.45) is 0. The summed E-state index contributed by atoms with van der Waals surface area (Å²) < 4.78 is 0. The average Bonchev–Trinajstić information content (AvgIpc) is 3.56. The molecule has 1 aromatic heterocycles. The molecule has 0 fully saturated rings. The van der Waals surface area contributed by atoms with Crippen LogP contribution in [0.5, 0.6) is 0 Å². The first-order valence-electron chi connectivity index (χ1n) is 20.3. The molecule has 0 radical (unpaired) electrons. The molecule has 0 amide bonds. The van der Waals surface area contributed by atoms with E-state index in [0.717, 1.165) is 28.1 Å². The van der Waals surface area contributed by atoms with Crippen molar-refractivity contribution in [2.45, 2.75) is 5.41 Å². The van der Waals surface area contributed by atoms with Crippen molar-refractivity contribution in [3.05, 3.63) is 241 Å². The number of hydrogen-bond acceptors (Lipinski definition) is 2. The highest BCUT2D eigenvalue weighted by Gasteiger charge is 2.49. The van der Waals surface area contributed by atoms with E-state index in [1.165, 1.54) is 77.5 Å². The van der Waals surface area contributed by atoms with Crippen molar-refractivity contribution in [1.29, 1.82) is 0 Å². The minimum absolute atomic E-state index is 0.566. The second-order valence-electron chi connectivity index (χ2n) is 15.6. The third-order valence-corrected chi connectivity index (χ3v) is 12.5. The maximum absolute atomic E-state index is 5.41. The van der Waals surface area contributed by atoms with Crippen molar-refractivity contribution in [3.63, 3.8) is 0 Å². The standard InChI is InChI=1S/C57H36N2/c1-2-16-39(17-3-1)54-36-55(59-56(58-54)40-31-29-38(30-32-40)43-25-14-18-37-15-4-5-19-42(37)43)41-33-34-49-45-21-7-6-20-44(45)46-22-8-11-26-50(46)57(53(49)35-41)51-27-12-9-23-47(51)48-24-10-13-28-52(48)57/h1-36H. The van der Waals surface area contributed by atoms with E-state index in [1.54, 1.807) is 0 Å². The van der Waals surface area contributed by atoms with Crippen molar-refractivity contribution in [2.75, 3.05) is 0 Å². The van der Waals surface area contributed by atoms with Gasteiger partial charge in [-0.25, -0.2) is 9.97 Å². The summed E-state index contributed by atoms with van der Waals surface area (Å²) in [7, 11) is 0. The lowest BCUT2D eigenvalue weighted by molar-refractivity contribution is 0.775. The molecule has 0 saturated heterocycles. The number of hydrogen-bond donors (Lipinski definition) is 0. The molecule has 10 aromatic rings. The Morgan fingerprint density at radius 2 is 0.729 bits per heavy atom. The van der Waals surface area contributed by atoms with Crippen molar-refractivity contribution in [3.8, 4) is 78.4 Å². The van der Waals surface area contributed by atoms with E-state index in [2.05, 4.69) is 218 Å². The van der Waals surface area contributed by atoms with E-state index >= 15 is 0 Å². The van der Waals surface area contributed by atoms with Crippen LogP contribution in [0.2, 0.25) is 0 Å². The van der Waals surface area contributed by atoms with Crippen LogP contribution < -0.4 is 0 Å². The van der Waals surface area contributed by atoms with Crippen LogP contribution in [-0.2, 0) is 5.41 Å². The molecule has 0 saturated carbocycles. The summed E-state index contributed by atoms with van der Waals surface area (Å²) >= 11 is 0. The lowest BCUT2D eigenvalue weighted by Gasteiger charge is -2.35. The molecule has 1 spiro atoms. The van der Waals surface area contributed by atoms with Gasteiger partial charge >= 0.3 is 0 Å². The van der Waals surface area contributed by atoms with Crippen LogP contribution >= 0.6 is 0 Å². The molecule has 0 N–H and O–H groups in total. The number of fused-ring (bicyclic) bond motifs is 13. The van der Waals surface area contributed by atoms with Gasteiger partial charge in [0.25, 0.3) is 0 Å². The molecule has 1 heterocycles. The number of rotatable bonds is 4. The Morgan fingerprint density at radius 3 is 1.39 bits per heavy atom. The summed E-state index contributed by atoms with van der Waals surface area (Å²) in [6.45, 7) is 0. The fourth-order valence-corrected chi connectivity index (χ4v) is 9.96. The molecular formula is C57H36N2. The fourth-order valence-electron chi connectivity index (χ4n) is 9.96. The second kappa shape index (κ2) is 13.2. The van der Waals surface area contributed by atoms with Crippen LogP contribution in [0.15, 0.2) is 218 Å². The number of benzene rings is 9. The monoisotopic (exact) mass is 748 g/mol. The molecular weight excluding hydrogens is 713 g/mol. The van der Waals surface area contributed by atoms with E-state index in [4.69, 9.17) is 9.97 Å². The van der Waals surface area contributed by atoms with Crippen molar-refractivity contribution in [2.24, 2.45) is 0 Å². The summed E-state index contributed by atoms with van der Waals surface area (Å²) in [6, 6.07) is 79.4. The first-order chi connectivity index (χ1) is 29.3. The Bertz CT molecular complexity index is 3220. The normalized spacial score (nSPS) is 12.9. The quantitative estimate of drug-likeness (QED) is 0.179. The molecule has 0 atom stereocenters. The highest BCUT2D eigenvalue weighted by molar-refractivity contribution is 5.99. The zero-order chi connectivity index (χ0) is 38.9. The Balaban J connectivity index is 1.10. The van der Waals surface area contributed by atoms with Gasteiger partial charge < -0.3 is 0 Å². The Labute approximate surface area is 343 Å². The van der Waals surface area contributed by atoms with Crippen LogP contribution in [0.25, 0.3) is 89.2 Å². The highest BCUT2D eigenvalue weighted by atomic mass is 14.9. The van der Waals surface area contributed by atoms with Gasteiger partial charge in [0.15, 0.2) is 5.82 Å². The fraction of sp³-hybridized carbons (Fsp3) is 0.0175. The maximum Gasteiger partial charge on any atom is 0.160 e. The van der Waals surface area contributed by atoms with Gasteiger partial charge in [-0.15, -0.1) is 0 Å². The van der Waals surface area contributed by atoms with E-state index in [9.17, 15) is 0 Å². The minimum Gasteiger partial charge on any atom is -0.228 e. The summed E-state index contributed by atoms with van der Waals surface area (Å²) in [5.41, 5.74) is 19.4. The van der Waals surface area contributed by atoms with Crippen LogP contribution in [0, 0.1) is 0 Å². The predicted octanol–water partition coefficient (Wildman–Crippen LogP) is 14.3. The SMILES string of the molecule is c1ccc(-c2cc(-c3ccc4c(c3)C3(c5ccccc5-c5ccccc5-4)c4ccccc4-c4ccccc43)nc(-c3ccc(-c4cccc5ccccc45)cc3)n2)cc1. The number of nitrogens with zero attached hydrogens (tertiary/aromatic N) is 2. The van der Waals surface area contributed by atoms with E-state index in [0.29, 0.717) is 5.82 Å². The van der Waals surface area contributed by atoms with Gasteiger partial charge in [0.2, 0.25) is 0 Å². The average molecular weight is 749 g/mol. The molecule has 2 heteroatoms. The van der Waals surface area contributed by atoms with Crippen LogP contribution in [-0.4, -0.2) is 9.97 Å². The number of aromatic nitrogens is 2. The van der Waals surface area contributed by atoms with E-state index < -0.39 is 5.41 Å². The lowest BCUT2D eigenvalue weighted by atomic mass is 9.65.